The van der Waals surface area contributed by atoms with Gasteiger partial charge in [-0.1, -0.05) is 114 Å². The van der Waals surface area contributed by atoms with Crippen molar-refractivity contribution in [2.75, 3.05) is 6.54 Å². The molecule has 1 atom stereocenters. The number of unbranched alkanes of at least 4 members (excludes halogenated alkanes) is 9. The fraction of sp³-hybridized carbons (Fsp3) is 0.552. The molecule has 3 heteroatoms. The average molecular weight is 437 g/mol. The van der Waals surface area contributed by atoms with Gasteiger partial charge in [0.25, 0.3) is 5.91 Å². The number of hydrogen-bond donors (Lipinski definition) is 2. The van der Waals surface area contributed by atoms with E-state index in [0.29, 0.717) is 6.04 Å². The van der Waals surface area contributed by atoms with Gasteiger partial charge in [0.2, 0.25) is 0 Å². The number of carbonyl (C=O) groups is 1. The van der Waals surface area contributed by atoms with Crippen molar-refractivity contribution >= 4 is 5.91 Å². The summed E-state index contributed by atoms with van der Waals surface area (Å²) in [4.78, 5) is 12.4. The first-order valence-electron chi connectivity index (χ1n) is 12.9. The normalized spacial score (nSPS) is 11.9. The molecule has 0 aliphatic heterocycles. The Morgan fingerprint density at radius 1 is 0.750 bits per heavy atom. The van der Waals surface area contributed by atoms with Gasteiger partial charge in [0.1, 0.15) is 0 Å². The molecule has 0 aromatic heterocycles. The first-order chi connectivity index (χ1) is 15.7. The molecular formula is C29H44N2O. The molecule has 0 aliphatic rings. The van der Waals surface area contributed by atoms with E-state index >= 15 is 0 Å². The molecule has 2 N–H and O–H groups in total. The van der Waals surface area contributed by atoms with Crippen LogP contribution < -0.4 is 10.6 Å². The standard InChI is InChI=1S/C29H44N2O/c1-3-5-6-7-8-9-10-11-12-16-23-30-29(32)27-21-19-25(20-22-27)24-31-28(4-2)26-17-14-13-15-18-26/h13-15,17-22,28,31H,3-12,16,23-24H2,1-2H3,(H,30,32). The SMILES string of the molecule is CCCCCCCCCCCCNC(=O)c1ccc(CNC(CC)c2ccccc2)cc1. The number of amides is 1. The Morgan fingerprint density at radius 3 is 1.94 bits per heavy atom. The lowest BCUT2D eigenvalue weighted by Gasteiger charge is -2.17. The van der Waals surface area contributed by atoms with E-state index in [1.807, 2.05) is 12.1 Å². The van der Waals surface area contributed by atoms with Crippen molar-refractivity contribution in [2.24, 2.45) is 0 Å². The quantitative estimate of drug-likeness (QED) is 0.251. The second kappa shape index (κ2) is 16.5. The summed E-state index contributed by atoms with van der Waals surface area (Å²) >= 11 is 0. The van der Waals surface area contributed by atoms with Crippen LogP contribution in [-0.2, 0) is 6.54 Å². The molecule has 0 saturated heterocycles. The number of nitrogens with one attached hydrogen (secondary N) is 2. The van der Waals surface area contributed by atoms with Crippen LogP contribution in [0, 0.1) is 0 Å². The van der Waals surface area contributed by atoms with Gasteiger partial charge in [-0.25, -0.2) is 0 Å². The molecule has 3 nitrogen and oxygen atoms in total. The third-order valence-corrected chi connectivity index (χ3v) is 6.19. The Kier molecular flexibility index (Phi) is 13.5. The van der Waals surface area contributed by atoms with E-state index in [1.165, 1.54) is 68.9 Å². The Bertz CT molecular complexity index is 727. The van der Waals surface area contributed by atoms with E-state index in [-0.39, 0.29) is 5.91 Å². The molecular weight excluding hydrogens is 392 g/mol. The zero-order chi connectivity index (χ0) is 22.9. The maximum absolute atomic E-state index is 12.4. The van der Waals surface area contributed by atoms with Gasteiger partial charge in [-0.2, -0.15) is 0 Å². The first kappa shape index (κ1) is 26.1. The average Bonchev–Trinajstić information content (AvgIpc) is 2.84. The van der Waals surface area contributed by atoms with Crippen LogP contribution in [0.4, 0.5) is 0 Å². The van der Waals surface area contributed by atoms with Crippen LogP contribution in [0.5, 0.6) is 0 Å². The van der Waals surface area contributed by atoms with E-state index < -0.39 is 0 Å². The fourth-order valence-corrected chi connectivity index (χ4v) is 4.11. The van der Waals surface area contributed by atoms with Crippen LogP contribution in [0.3, 0.4) is 0 Å². The molecule has 0 spiro atoms. The van der Waals surface area contributed by atoms with E-state index in [1.54, 1.807) is 0 Å². The Hall–Kier alpha value is -2.13. The minimum absolute atomic E-state index is 0.0381. The zero-order valence-electron chi connectivity index (χ0n) is 20.4. The molecule has 0 saturated carbocycles. The van der Waals surface area contributed by atoms with Crippen molar-refractivity contribution in [1.82, 2.24) is 10.6 Å². The minimum atomic E-state index is 0.0381. The Morgan fingerprint density at radius 2 is 1.34 bits per heavy atom. The highest BCUT2D eigenvalue weighted by Crippen LogP contribution is 2.17. The predicted octanol–water partition coefficient (Wildman–Crippen LogP) is 7.58. The molecule has 176 valence electrons. The highest BCUT2D eigenvalue weighted by molar-refractivity contribution is 5.94. The smallest absolute Gasteiger partial charge is 0.251 e. The molecule has 1 unspecified atom stereocenters. The molecule has 0 aliphatic carbocycles. The van der Waals surface area contributed by atoms with Gasteiger partial charge >= 0.3 is 0 Å². The highest BCUT2D eigenvalue weighted by atomic mass is 16.1. The van der Waals surface area contributed by atoms with Crippen molar-refractivity contribution < 1.29 is 4.79 Å². The van der Waals surface area contributed by atoms with Crippen LogP contribution in [0.15, 0.2) is 54.6 Å². The molecule has 1 amide bonds. The zero-order valence-corrected chi connectivity index (χ0v) is 20.4. The molecule has 0 heterocycles. The summed E-state index contributed by atoms with van der Waals surface area (Å²) in [7, 11) is 0. The Labute approximate surface area is 196 Å². The van der Waals surface area contributed by atoms with Gasteiger partial charge in [0, 0.05) is 24.7 Å². The van der Waals surface area contributed by atoms with Crippen molar-refractivity contribution in [3.63, 3.8) is 0 Å². The van der Waals surface area contributed by atoms with Crippen LogP contribution in [-0.4, -0.2) is 12.5 Å². The van der Waals surface area contributed by atoms with Crippen molar-refractivity contribution in [2.45, 2.75) is 97.1 Å². The Balaban J connectivity index is 1.58. The summed E-state index contributed by atoms with van der Waals surface area (Å²) in [5.74, 6) is 0.0381. The van der Waals surface area contributed by atoms with E-state index in [9.17, 15) is 4.79 Å². The summed E-state index contributed by atoms with van der Waals surface area (Å²) in [5.41, 5.74) is 3.26. The summed E-state index contributed by atoms with van der Waals surface area (Å²) in [5, 5.41) is 6.70. The van der Waals surface area contributed by atoms with Gasteiger partial charge in [0.05, 0.1) is 0 Å². The third kappa shape index (κ3) is 10.5. The second-order valence-electron chi connectivity index (χ2n) is 8.89. The second-order valence-corrected chi connectivity index (χ2v) is 8.89. The molecule has 2 aromatic carbocycles. The van der Waals surface area contributed by atoms with E-state index in [2.05, 4.69) is 66.9 Å². The lowest BCUT2D eigenvalue weighted by molar-refractivity contribution is 0.0953. The summed E-state index contributed by atoms with van der Waals surface area (Å²) in [6.07, 6.45) is 14.2. The van der Waals surface area contributed by atoms with Crippen LogP contribution >= 0.6 is 0 Å². The van der Waals surface area contributed by atoms with Gasteiger partial charge < -0.3 is 10.6 Å². The lowest BCUT2D eigenvalue weighted by Crippen LogP contribution is -2.24. The topological polar surface area (TPSA) is 41.1 Å². The minimum Gasteiger partial charge on any atom is -0.352 e. The third-order valence-electron chi connectivity index (χ3n) is 6.19. The van der Waals surface area contributed by atoms with Crippen LogP contribution in [0.1, 0.15) is 112 Å². The van der Waals surface area contributed by atoms with Crippen LogP contribution in [0.2, 0.25) is 0 Å². The molecule has 2 rings (SSSR count). The van der Waals surface area contributed by atoms with Gasteiger partial charge in [-0.05, 0) is 36.1 Å². The molecule has 2 aromatic rings. The predicted molar refractivity (Wildman–Crippen MR) is 137 cm³/mol. The molecule has 0 fully saturated rings. The number of carbonyl (C=O) groups excluding carboxylic acids is 1. The molecule has 0 bridgehead atoms. The maximum Gasteiger partial charge on any atom is 0.251 e. The lowest BCUT2D eigenvalue weighted by atomic mass is 10.0. The monoisotopic (exact) mass is 436 g/mol. The number of hydrogen-bond acceptors (Lipinski definition) is 2. The number of rotatable bonds is 17. The summed E-state index contributed by atoms with van der Waals surface area (Å²) < 4.78 is 0. The molecule has 0 radical (unpaired) electrons. The van der Waals surface area contributed by atoms with Gasteiger partial charge in [-0.3, -0.25) is 4.79 Å². The summed E-state index contributed by atoms with van der Waals surface area (Å²) in [6, 6.07) is 18.9. The van der Waals surface area contributed by atoms with Crippen molar-refractivity contribution in [3.8, 4) is 0 Å². The summed E-state index contributed by atoms with van der Waals surface area (Å²) in [6.45, 7) is 6.04. The van der Waals surface area contributed by atoms with Crippen LogP contribution in [0.25, 0.3) is 0 Å². The first-order valence-corrected chi connectivity index (χ1v) is 12.9. The fourth-order valence-electron chi connectivity index (χ4n) is 4.11. The maximum atomic E-state index is 12.4. The number of benzene rings is 2. The van der Waals surface area contributed by atoms with Gasteiger partial charge in [-0.15, -0.1) is 0 Å². The highest BCUT2D eigenvalue weighted by Gasteiger charge is 2.09. The van der Waals surface area contributed by atoms with E-state index in [4.69, 9.17) is 0 Å². The van der Waals surface area contributed by atoms with E-state index in [0.717, 1.165) is 31.5 Å². The van der Waals surface area contributed by atoms with Crippen molar-refractivity contribution in [1.29, 1.82) is 0 Å². The molecule has 32 heavy (non-hydrogen) atoms. The largest absolute Gasteiger partial charge is 0.352 e. The van der Waals surface area contributed by atoms with Gasteiger partial charge in [0.15, 0.2) is 0 Å². The van der Waals surface area contributed by atoms with Crippen molar-refractivity contribution in [3.05, 3.63) is 71.3 Å².